The van der Waals surface area contributed by atoms with E-state index in [1.54, 1.807) is 12.1 Å². The molecule has 1 aliphatic heterocycles. The van der Waals surface area contributed by atoms with Crippen molar-refractivity contribution in [3.8, 4) is 11.3 Å². The summed E-state index contributed by atoms with van der Waals surface area (Å²) >= 11 is 0. The fourth-order valence-corrected chi connectivity index (χ4v) is 3.47. The lowest BCUT2D eigenvalue weighted by Crippen LogP contribution is -2.27. The van der Waals surface area contributed by atoms with Gasteiger partial charge in [0, 0.05) is 23.4 Å². The topological polar surface area (TPSA) is 91.6 Å². The van der Waals surface area contributed by atoms with Crippen molar-refractivity contribution in [2.75, 3.05) is 13.7 Å². The van der Waals surface area contributed by atoms with Gasteiger partial charge in [0.05, 0.1) is 18.1 Å². The molecule has 0 amide bonds. The number of nitrogens with one attached hydrogen (secondary N) is 1. The first-order valence-electron chi connectivity index (χ1n) is 9.10. The molecule has 1 aliphatic rings. The molecule has 2 aromatic carbocycles. The second kappa shape index (κ2) is 7.46. The molecule has 0 unspecified atom stereocenters. The lowest BCUT2D eigenvalue weighted by atomic mass is 10.0. The third kappa shape index (κ3) is 3.72. The number of carbonyl (C=O) groups is 1. The van der Waals surface area contributed by atoms with Crippen molar-refractivity contribution >= 4 is 28.5 Å². The molecule has 1 atom stereocenters. The number of aliphatic hydroxyl groups is 1. The summed E-state index contributed by atoms with van der Waals surface area (Å²) in [4.78, 5) is 26.8. The van der Waals surface area contributed by atoms with Crippen molar-refractivity contribution in [2.24, 2.45) is 0 Å². The zero-order chi connectivity index (χ0) is 22.3. The van der Waals surface area contributed by atoms with Crippen LogP contribution in [0.5, 0.6) is 0 Å². The molecule has 0 saturated heterocycles. The molecule has 0 aliphatic carbocycles. The Morgan fingerprint density at radius 1 is 1.23 bits per heavy atom. The molecule has 0 fully saturated rings. The minimum atomic E-state index is -4.58. The molecular formula is C21H16F3N2O5+. The zero-order valence-corrected chi connectivity index (χ0v) is 16.1. The predicted octanol–water partition coefficient (Wildman–Crippen LogP) is 3.34. The Bertz CT molecular complexity index is 1280. The number of aromatic nitrogens is 1. The maximum Gasteiger partial charge on any atom is 0.554 e. The number of hydrogen-bond acceptors (Lipinski definition) is 4. The van der Waals surface area contributed by atoms with E-state index < -0.39 is 35.5 Å². The number of esters is 1. The SMILES string of the molecule is COC(=O)[C@@H]1C[N+](c2ccc3cc(-c4ccccc4C(F)(F)F)[nH]c(=O)c3c2)=C(O)O1. The lowest BCUT2D eigenvalue weighted by Gasteiger charge is -2.13. The number of nitrogens with zero attached hydrogens (tertiary/aromatic N) is 1. The average Bonchev–Trinajstić information content (AvgIpc) is 3.14. The smallest absolute Gasteiger partial charge is 0.466 e. The molecule has 4 rings (SSSR count). The number of benzene rings is 2. The number of halogens is 3. The lowest BCUT2D eigenvalue weighted by molar-refractivity contribution is -0.440. The highest BCUT2D eigenvalue weighted by atomic mass is 19.4. The highest BCUT2D eigenvalue weighted by Gasteiger charge is 2.40. The minimum absolute atomic E-state index is 0.0288. The van der Waals surface area contributed by atoms with Gasteiger partial charge in [0.25, 0.3) is 11.7 Å². The first-order chi connectivity index (χ1) is 14.7. The number of methoxy groups -OCH3 is 1. The maximum absolute atomic E-state index is 13.4. The van der Waals surface area contributed by atoms with Crippen LogP contribution in [0.2, 0.25) is 0 Å². The Morgan fingerprint density at radius 3 is 2.68 bits per heavy atom. The van der Waals surface area contributed by atoms with Gasteiger partial charge in [-0.25, -0.2) is 4.79 Å². The van der Waals surface area contributed by atoms with Gasteiger partial charge < -0.3 is 19.6 Å². The third-order valence-electron chi connectivity index (χ3n) is 4.95. The largest absolute Gasteiger partial charge is 0.554 e. The van der Waals surface area contributed by atoms with Crippen molar-refractivity contribution in [2.45, 2.75) is 12.3 Å². The molecule has 31 heavy (non-hydrogen) atoms. The van der Waals surface area contributed by atoms with E-state index >= 15 is 0 Å². The van der Waals surface area contributed by atoms with Crippen LogP contribution >= 0.6 is 0 Å². The van der Waals surface area contributed by atoms with Gasteiger partial charge in [-0.3, -0.25) is 4.79 Å². The summed E-state index contributed by atoms with van der Waals surface area (Å²) in [7, 11) is 1.19. The Balaban J connectivity index is 1.77. The quantitative estimate of drug-likeness (QED) is 0.488. The van der Waals surface area contributed by atoms with E-state index in [-0.39, 0.29) is 23.2 Å². The van der Waals surface area contributed by atoms with E-state index in [1.165, 1.54) is 42.0 Å². The van der Waals surface area contributed by atoms with Crippen LogP contribution in [0, 0.1) is 0 Å². The number of pyridine rings is 1. The van der Waals surface area contributed by atoms with E-state index in [9.17, 15) is 27.9 Å². The molecule has 3 aromatic rings. The van der Waals surface area contributed by atoms with Crippen LogP contribution in [0.4, 0.5) is 18.9 Å². The van der Waals surface area contributed by atoms with Crippen LogP contribution in [0.15, 0.2) is 53.3 Å². The number of ether oxygens (including phenoxy) is 2. The summed E-state index contributed by atoms with van der Waals surface area (Å²) in [6.45, 7) is -0.0288. The molecule has 0 radical (unpaired) electrons. The highest BCUT2D eigenvalue weighted by molar-refractivity contribution is 5.87. The second-order valence-electron chi connectivity index (χ2n) is 6.85. The van der Waals surface area contributed by atoms with Gasteiger partial charge >= 0.3 is 18.2 Å². The Morgan fingerprint density at radius 2 is 1.97 bits per heavy atom. The van der Waals surface area contributed by atoms with Crippen molar-refractivity contribution in [3.63, 3.8) is 0 Å². The molecule has 2 heterocycles. The molecule has 0 spiro atoms. The van der Waals surface area contributed by atoms with Crippen molar-refractivity contribution in [1.29, 1.82) is 0 Å². The number of hydrogen-bond donors (Lipinski definition) is 2. The van der Waals surface area contributed by atoms with Crippen LogP contribution in [0.3, 0.4) is 0 Å². The maximum atomic E-state index is 13.4. The predicted molar refractivity (Wildman–Crippen MR) is 104 cm³/mol. The van der Waals surface area contributed by atoms with Gasteiger partial charge in [0.2, 0.25) is 12.2 Å². The first-order valence-corrected chi connectivity index (χ1v) is 9.10. The van der Waals surface area contributed by atoms with Crippen molar-refractivity contribution in [3.05, 3.63) is 64.4 Å². The number of aliphatic hydroxyl groups excluding tert-OH is 1. The van der Waals surface area contributed by atoms with Crippen molar-refractivity contribution in [1.82, 2.24) is 4.98 Å². The summed E-state index contributed by atoms with van der Waals surface area (Å²) in [5.41, 5.74) is -1.20. The molecular weight excluding hydrogens is 417 g/mol. The normalized spacial score (nSPS) is 16.5. The van der Waals surface area contributed by atoms with Crippen LogP contribution < -0.4 is 5.56 Å². The highest BCUT2D eigenvalue weighted by Crippen LogP contribution is 2.36. The summed E-state index contributed by atoms with van der Waals surface area (Å²) in [5.74, 6) is -0.666. The van der Waals surface area contributed by atoms with Crippen LogP contribution in [-0.2, 0) is 20.4 Å². The number of carbonyl (C=O) groups excluding carboxylic acids is 1. The van der Waals surface area contributed by atoms with Gasteiger partial charge in [0.1, 0.15) is 0 Å². The van der Waals surface area contributed by atoms with Gasteiger partial charge in [0.15, 0.2) is 0 Å². The molecule has 2 N–H and O–H groups in total. The number of H-pyrrole nitrogens is 1. The molecule has 7 nitrogen and oxygen atoms in total. The number of alkyl halides is 3. The Labute approximate surface area is 173 Å². The summed E-state index contributed by atoms with van der Waals surface area (Å²) in [5, 5.41) is 10.6. The summed E-state index contributed by atoms with van der Waals surface area (Å²) in [6, 6.07) is 11.0. The minimum Gasteiger partial charge on any atom is -0.466 e. The summed E-state index contributed by atoms with van der Waals surface area (Å²) in [6.07, 6.45) is -6.13. The monoisotopic (exact) mass is 433 g/mol. The second-order valence-corrected chi connectivity index (χ2v) is 6.85. The van der Waals surface area contributed by atoms with Crippen molar-refractivity contribution < 1.29 is 37.1 Å². The van der Waals surface area contributed by atoms with Gasteiger partial charge in [-0.15, -0.1) is 4.58 Å². The molecule has 160 valence electrons. The standard InChI is InChI=1S/C21H15F3N2O5/c1-30-19(28)17-10-26(20(29)31-17)12-7-6-11-8-16(25-18(27)14(11)9-12)13-4-2-3-5-15(13)21(22,23)24/h2-9,17H,10H2,1H3,(H,25,27)/p+1/t17-/m0/s1. The van der Waals surface area contributed by atoms with E-state index in [1.807, 2.05) is 0 Å². The molecule has 0 saturated carbocycles. The Kier molecular flexibility index (Phi) is 4.92. The first kappa shape index (κ1) is 20.5. The fourth-order valence-electron chi connectivity index (χ4n) is 3.47. The van der Waals surface area contributed by atoms with Gasteiger partial charge in [-0.1, -0.05) is 18.2 Å². The zero-order valence-electron chi connectivity index (χ0n) is 16.1. The third-order valence-corrected chi connectivity index (χ3v) is 4.95. The van der Waals surface area contributed by atoms with Gasteiger partial charge in [-0.2, -0.15) is 13.2 Å². The number of fused-ring (bicyclic) bond motifs is 1. The number of rotatable bonds is 3. The molecule has 1 aromatic heterocycles. The van der Waals surface area contributed by atoms with E-state index in [0.29, 0.717) is 11.1 Å². The van der Waals surface area contributed by atoms with Crippen LogP contribution in [-0.4, -0.2) is 46.5 Å². The molecule has 10 heteroatoms. The average molecular weight is 433 g/mol. The van der Waals surface area contributed by atoms with E-state index in [2.05, 4.69) is 9.72 Å². The summed E-state index contributed by atoms with van der Waals surface area (Å²) < 4.78 is 51.0. The van der Waals surface area contributed by atoms with E-state index in [4.69, 9.17) is 4.74 Å². The van der Waals surface area contributed by atoms with Crippen LogP contribution in [0.1, 0.15) is 5.56 Å². The Hall–Kier alpha value is -3.82. The number of aromatic amines is 1. The fraction of sp³-hybridized carbons (Fsp3) is 0.190. The van der Waals surface area contributed by atoms with Crippen LogP contribution in [0.25, 0.3) is 22.0 Å². The molecule has 0 bridgehead atoms. The van der Waals surface area contributed by atoms with E-state index in [0.717, 1.165) is 6.07 Å². The van der Waals surface area contributed by atoms with Gasteiger partial charge in [-0.05, 0) is 23.6 Å².